The maximum Gasteiger partial charge on any atom is 0.343 e. The molecule has 3 N–H and O–H groups in total. The number of nitrogen functional groups attached to an aromatic ring is 1. The second kappa shape index (κ2) is 12.3. The Morgan fingerprint density at radius 1 is 0.865 bits per heavy atom. The number of hydrogen-bond donors (Lipinski definition) is 2. The summed E-state index contributed by atoms with van der Waals surface area (Å²) in [4.78, 5) is 16.4. The van der Waals surface area contributed by atoms with E-state index in [1.54, 1.807) is 40.7 Å². The number of halogens is 3. The number of carbonyl (C=O) groups is 1. The topological polar surface area (TPSA) is 84.9 Å². The number of methoxy groups -OCH3 is 1. The van der Waals surface area contributed by atoms with E-state index in [9.17, 15) is 23.1 Å². The van der Waals surface area contributed by atoms with E-state index in [4.69, 9.17) is 10.5 Å². The van der Waals surface area contributed by atoms with Gasteiger partial charge in [-0.05, 0) is 111 Å². The third-order valence-electron chi connectivity index (χ3n) is 6.15. The first-order valence-corrected chi connectivity index (χ1v) is 11.4. The van der Waals surface area contributed by atoms with Crippen LogP contribution in [-0.2, 0) is 9.53 Å². The molecule has 3 aromatic carbocycles. The summed E-state index contributed by atoms with van der Waals surface area (Å²) in [7, 11) is 1.17. The number of rotatable bonds is 4. The molecule has 0 heterocycles. The van der Waals surface area contributed by atoms with Crippen LogP contribution in [0.2, 0.25) is 0 Å². The minimum atomic E-state index is -0.821. The van der Waals surface area contributed by atoms with Crippen molar-refractivity contribution in [1.82, 2.24) is 0 Å². The summed E-state index contributed by atoms with van der Waals surface area (Å²) in [6.45, 7) is 10.1. The van der Waals surface area contributed by atoms with Crippen molar-refractivity contribution in [3.8, 4) is 0 Å². The van der Waals surface area contributed by atoms with Gasteiger partial charge in [0.05, 0.1) is 12.8 Å². The Morgan fingerprint density at radius 3 is 1.95 bits per heavy atom. The van der Waals surface area contributed by atoms with Crippen LogP contribution < -0.4 is 5.73 Å². The summed E-state index contributed by atoms with van der Waals surface area (Å²) in [5.74, 6) is -2.33. The third kappa shape index (κ3) is 6.78. The van der Waals surface area contributed by atoms with E-state index in [-0.39, 0.29) is 22.5 Å². The SMILES string of the molecule is COC(=O)C(C=Nc1ccc(F)cc1C)=C(O)c1c(C)c(C)c(C)c(F)c1C.Cc1cc(F)ccc1N. The molecule has 3 rings (SSSR count). The average Bonchev–Trinajstić information content (AvgIpc) is 2.85. The molecule has 0 aliphatic heterocycles. The molecule has 0 atom stereocenters. The van der Waals surface area contributed by atoms with E-state index in [1.807, 2.05) is 0 Å². The largest absolute Gasteiger partial charge is 0.506 e. The van der Waals surface area contributed by atoms with Crippen molar-refractivity contribution >= 4 is 29.3 Å². The summed E-state index contributed by atoms with van der Waals surface area (Å²) in [6, 6.07) is 8.33. The average molecular weight is 513 g/mol. The van der Waals surface area contributed by atoms with Gasteiger partial charge in [-0.25, -0.2) is 18.0 Å². The van der Waals surface area contributed by atoms with Gasteiger partial charge in [0.15, 0.2) is 0 Å². The maximum atomic E-state index is 14.6. The van der Waals surface area contributed by atoms with Gasteiger partial charge in [0, 0.05) is 17.5 Å². The highest BCUT2D eigenvalue weighted by molar-refractivity contribution is 6.15. The fourth-order valence-corrected chi connectivity index (χ4v) is 3.65. The van der Waals surface area contributed by atoms with Crippen molar-refractivity contribution in [3.05, 3.63) is 98.4 Å². The van der Waals surface area contributed by atoms with Crippen molar-refractivity contribution in [2.75, 3.05) is 12.8 Å². The number of nitrogens with zero attached hydrogens (tertiary/aromatic N) is 1. The molecular formula is C29H31F3N2O3. The summed E-state index contributed by atoms with van der Waals surface area (Å²) in [5.41, 5.74) is 9.88. The van der Waals surface area contributed by atoms with Crippen molar-refractivity contribution in [2.24, 2.45) is 4.99 Å². The van der Waals surface area contributed by atoms with E-state index in [2.05, 4.69) is 4.99 Å². The summed E-state index contributed by atoms with van der Waals surface area (Å²) >= 11 is 0. The maximum absolute atomic E-state index is 14.6. The highest BCUT2D eigenvalue weighted by Crippen LogP contribution is 2.31. The molecule has 5 nitrogen and oxygen atoms in total. The molecule has 37 heavy (non-hydrogen) atoms. The fourth-order valence-electron chi connectivity index (χ4n) is 3.65. The lowest BCUT2D eigenvalue weighted by atomic mass is 9.91. The molecule has 0 spiro atoms. The van der Waals surface area contributed by atoms with Crippen LogP contribution >= 0.6 is 0 Å². The number of aryl methyl sites for hydroxylation is 2. The number of aliphatic hydroxyl groups is 1. The van der Waals surface area contributed by atoms with E-state index in [0.29, 0.717) is 33.6 Å². The van der Waals surface area contributed by atoms with Crippen LogP contribution in [0.25, 0.3) is 5.76 Å². The van der Waals surface area contributed by atoms with Gasteiger partial charge in [-0.2, -0.15) is 0 Å². The number of carbonyl (C=O) groups excluding carboxylic acids is 1. The first-order chi connectivity index (χ1) is 17.3. The number of hydrogen-bond acceptors (Lipinski definition) is 5. The Morgan fingerprint density at radius 2 is 1.43 bits per heavy atom. The minimum absolute atomic E-state index is 0.222. The molecule has 0 radical (unpaired) electrons. The van der Waals surface area contributed by atoms with Gasteiger partial charge in [-0.1, -0.05) is 0 Å². The molecule has 0 saturated heterocycles. The zero-order chi connectivity index (χ0) is 28.0. The smallest absolute Gasteiger partial charge is 0.343 e. The lowest BCUT2D eigenvalue weighted by molar-refractivity contribution is -0.135. The van der Waals surface area contributed by atoms with E-state index in [0.717, 1.165) is 11.8 Å². The second-order valence-corrected chi connectivity index (χ2v) is 8.63. The number of anilines is 1. The lowest BCUT2D eigenvalue weighted by Gasteiger charge is -2.17. The number of ether oxygens (including phenoxy) is 1. The predicted octanol–water partition coefficient (Wildman–Crippen LogP) is 7.07. The van der Waals surface area contributed by atoms with Gasteiger partial charge in [0.2, 0.25) is 0 Å². The van der Waals surface area contributed by atoms with E-state index in [1.165, 1.54) is 44.4 Å². The number of esters is 1. The Hall–Kier alpha value is -4.07. The predicted molar refractivity (Wildman–Crippen MR) is 142 cm³/mol. The van der Waals surface area contributed by atoms with Crippen molar-refractivity contribution in [2.45, 2.75) is 41.5 Å². The molecule has 0 amide bonds. The quantitative estimate of drug-likeness (QED) is 0.129. The summed E-state index contributed by atoms with van der Waals surface area (Å²) in [6.07, 6.45) is 1.15. The van der Waals surface area contributed by atoms with Crippen LogP contribution in [0, 0.1) is 59.0 Å². The van der Waals surface area contributed by atoms with Gasteiger partial charge in [0.1, 0.15) is 28.8 Å². The zero-order valence-electron chi connectivity index (χ0n) is 22.0. The zero-order valence-corrected chi connectivity index (χ0v) is 22.0. The van der Waals surface area contributed by atoms with Gasteiger partial charge in [-0.15, -0.1) is 0 Å². The molecule has 0 unspecified atom stereocenters. The Labute approximate surface area is 215 Å². The van der Waals surface area contributed by atoms with Crippen LogP contribution in [0.5, 0.6) is 0 Å². The first kappa shape index (κ1) is 29.2. The van der Waals surface area contributed by atoms with Crippen LogP contribution in [0.1, 0.15) is 38.9 Å². The normalized spacial score (nSPS) is 11.6. The fraction of sp³-hybridized carbons (Fsp3) is 0.241. The lowest BCUT2D eigenvalue weighted by Crippen LogP contribution is -2.12. The van der Waals surface area contributed by atoms with E-state index >= 15 is 0 Å². The summed E-state index contributed by atoms with van der Waals surface area (Å²) in [5, 5.41) is 10.8. The van der Waals surface area contributed by atoms with Crippen LogP contribution in [-0.4, -0.2) is 24.4 Å². The van der Waals surface area contributed by atoms with Gasteiger partial charge in [0.25, 0.3) is 0 Å². The molecule has 0 bridgehead atoms. The molecule has 196 valence electrons. The van der Waals surface area contributed by atoms with Gasteiger partial charge >= 0.3 is 5.97 Å². The molecule has 0 fully saturated rings. The minimum Gasteiger partial charge on any atom is -0.506 e. The van der Waals surface area contributed by atoms with E-state index < -0.39 is 23.4 Å². The summed E-state index contributed by atoms with van der Waals surface area (Å²) < 4.78 is 44.9. The number of aliphatic hydroxyl groups excluding tert-OH is 1. The molecule has 0 saturated carbocycles. The van der Waals surface area contributed by atoms with Crippen LogP contribution in [0.15, 0.2) is 47.0 Å². The molecular weight excluding hydrogens is 481 g/mol. The molecule has 0 aliphatic carbocycles. The Balaban J connectivity index is 0.000000449. The van der Waals surface area contributed by atoms with Gasteiger partial charge < -0.3 is 15.6 Å². The standard InChI is InChI=1S/C22H23F2NO3.C7H8FN/c1-11-9-16(23)7-8-18(11)25-10-17(22(27)28-6)21(26)19-13(3)12(2)14(4)20(24)15(19)5;1-5-4-6(8)2-3-7(5)9/h7-10,26H,1-6H3;2-4H,9H2,1H3. The molecule has 0 aliphatic rings. The first-order valence-electron chi connectivity index (χ1n) is 11.4. The highest BCUT2D eigenvalue weighted by Gasteiger charge is 2.23. The van der Waals surface area contributed by atoms with Gasteiger partial charge in [-0.3, -0.25) is 4.99 Å². The number of aliphatic imine (C=N–C) groups is 1. The number of benzene rings is 3. The highest BCUT2D eigenvalue weighted by atomic mass is 19.1. The van der Waals surface area contributed by atoms with Crippen molar-refractivity contribution in [3.63, 3.8) is 0 Å². The second-order valence-electron chi connectivity index (χ2n) is 8.63. The molecule has 3 aromatic rings. The third-order valence-corrected chi connectivity index (χ3v) is 6.15. The molecule has 0 aromatic heterocycles. The number of nitrogens with two attached hydrogens (primary N) is 1. The monoisotopic (exact) mass is 512 g/mol. The molecule has 8 heteroatoms. The Bertz CT molecular complexity index is 1370. The van der Waals surface area contributed by atoms with Crippen LogP contribution in [0.3, 0.4) is 0 Å². The van der Waals surface area contributed by atoms with Crippen molar-refractivity contribution < 1.29 is 27.8 Å². The Kier molecular flexibility index (Phi) is 9.66. The van der Waals surface area contributed by atoms with Crippen molar-refractivity contribution in [1.29, 1.82) is 0 Å². The van der Waals surface area contributed by atoms with Crippen LogP contribution in [0.4, 0.5) is 24.5 Å².